The third-order valence-electron chi connectivity index (χ3n) is 23.3. The van der Waals surface area contributed by atoms with Crippen molar-refractivity contribution in [1.82, 2.24) is 69.3 Å². The van der Waals surface area contributed by atoms with Gasteiger partial charge >= 0.3 is 0 Å². The summed E-state index contributed by atoms with van der Waals surface area (Å²) in [7, 11) is 0. The number of fused-ring (bicyclic) bond motifs is 1. The van der Waals surface area contributed by atoms with E-state index in [0.717, 1.165) is 22.0 Å². The second kappa shape index (κ2) is 57.5. The van der Waals surface area contributed by atoms with Gasteiger partial charge in [0, 0.05) is 43.3 Å². The lowest BCUT2D eigenvalue weighted by Gasteiger charge is -2.33. The zero-order valence-corrected chi connectivity index (χ0v) is 78.3. The van der Waals surface area contributed by atoms with E-state index in [2.05, 4.69) is 79.6 Å². The van der Waals surface area contributed by atoms with Crippen molar-refractivity contribution in [3.63, 3.8) is 0 Å². The van der Waals surface area contributed by atoms with Crippen LogP contribution in [0.25, 0.3) is 10.9 Å². The van der Waals surface area contributed by atoms with E-state index in [4.69, 9.17) is 11.6 Å². The number of aliphatic hydroxyl groups is 3. The summed E-state index contributed by atoms with van der Waals surface area (Å²) in [5.74, 6) is -4.53. The number of allylic oxidation sites excluding steroid dienone is 5. The molecule has 0 saturated heterocycles. The van der Waals surface area contributed by atoms with Gasteiger partial charge in [0.2, 0.25) is 41.1 Å². The topological polar surface area (TPSA) is 571 Å². The highest BCUT2D eigenvalue weighted by Crippen LogP contribution is 2.26. The summed E-state index contributed by atoms with van der Waals surface area (Å²) < 4.78 is 0. The maximum absolute atomic E-state index is 14.9. The molecule has 724 valence electrons. The summed E-state index contributed by atoms with van der Waals surface area (Å²) >= 11 is 0. The normalized spacial score (nSPS) is 16.2. The first-order chi connectivity index (χ1) is 62.6. The fourth-order valence-electron chi connectivity index (χ4n) is 14.7. The van der Waals surface area contributed by atoms with Crippen LogP contribution in [0.5, 0.6) is 0 Å². The molecule has 1 heterocycles. The molecular formula is C96H141N17O19. The molecule has 5 rings (SSSR count). The number of hydrogen-bond acceptors (Lipinski definition) is 30. The summed E-state index contributed by atoms with van der Waals surface area (Å²) in [6, 6.07) is 11.2. The number of aldehydes is 1. The Morgan fingerprint density at radius 1 is 0.545 bits per heavy atom. The predicted octanol–water partition coefficient (Wildman–Crippen LogP) is 4.59. The summed E-state index contributed by atoms with van der Waals surface area (Å²) in [5, 5.41) is 60.1. The van der Waals surface area contributed by atoms with Crippen LogP contribution in [-0.2, 0) is 96.0 Å². The molecule has 0 unspecified atom stereocenters. The number of primary amides is 1. The fourth-order valence-corrected chi connectivity index (χ4v) is 14.7. The van der Waals surface area contributed by atoms with Crippen molar-refractivity contribution in [3.05, 3.63) is 143 Å². The average Bonchev–Trinajstić information content (AvgIpc) is 1.46. The van der Waals surface area contributed by atoms with Gasteiger partial charge in [-0.05, 0) is 173 Å². The zero-order chi connectivity index (χ0) is 97.8. The second-order valence-corrected chi connectivity index (χ2v) is 35.7. The third-order valence-corrected chi connectivity index (χ3v) is 23.3. The number of amides is 5. The number of nitrogens with one attached hydrogen (secondary N) is 13. The molecule has 0 fully saturated rings. The number of benzene rings is 3. The number of ketones is 10. The van der Waals surface area contributed by atoms with E-state index < -0.39 is 186 Å². The number of aliphatic hydroxyl groups excluding tert-OH is 3. The maximum atomic E-state index is 14.9. The van der Waals surface area contributed by atoms with E-state index >= 15 is 0 Å². The molecule has 5 amide bonds. The summed E-state index contributed by atoms with van der Waals surface area (Å²) in [4.78, 5) is 222. The van der Waals surface area contributed by atoms with E-state index in [9.17, 15) is 92.0 Å². The molecule has 36 heteroatoms. The number of hydrogen-bond donors (Lipinski definition) is 18. The van der Waals surface area contributed by atoms with E-state index in [1.807, 2.05) is 94.4 Å². The van der Waals surface area contributed by atoms with Crippen LogP contribution >= 0.6 is 0 Å². The van der Waals surface area contributed by atoms with E-state index in [1.54, 1.807) is 62.5 Å². The van der Waals surface area contributed by atoms with Crippen molar-refractivity contribution >= 4 is 105 Å². The minimum Gasteiger partial charge on any atom is -0.512 e. The predicted molar refractivity (Wildman–Crippen MR) is 499 cm³/mol. The Labute approximate surface area is 773 Å². The van der Waals surface area contributed by atoms with Crippen LogP contribution in [0.1, 0.15) is 215 Å². The lowest BCUT2D eigenvalue weighted by molar-refractivity contribution is -0.142. The molecular weight excluding hydrogens is 1700 g/mol. The minimum absolute atomic E-state index is 0.0244. The first-order valence-corrected chi connectivity index (χ1v) is 45.6. The standard InChI is InChI=1S/C96H141N17O19/c1-58(2)44-78(103-65(10)118)92(130)105-89(64(9)117)91(129)90(128)77(48-67-32-24-21-25-33-67)112-113-95(11,87(126)55-101-60(5)63(8)116)42-28-18-16-14-13-15-17-19-29-43-96(12,94(132)104-80(57-115)84(123)51-82(121)62(7)100-54-86(125)75(107-98)47-66-30-22-20-23-31-66)106-93(131)79(45-59(3)4)111-109-74(40-41-88(97)127)85(124)53-99-61(6)81(120)50-83(122)76(49-69-52-102-73-35-27-26-34-72(69)73)110-108-70(56-114)46-68-36-38-71(119)39-37-68/h15,17,20-27,30-36,38,52,56,58-62,64,70,74-80,89,99-102,107,109,111-113,115,117,119H,13-14,16,18-19,28-29,37,39-51,53-55,57,98H2,1-12H3,(H2,97,127)(H,103,118)(H,104,132)(H,105,130)(H,106,131)/b17-15?,110-108-/t60-,61-,62-,64+,70-,74-,75-,76-,77-,78-,79-,80-,89-,95+,96-/m0/s1. The Kier molecular flexibility index (Phi) is 48.6. The van der Waals surface area contributed by atoms with E-state index in [1.165, 1.54) is 41.5 Å². The largest absolute Gasteiger partial charge is 0.512 e. The molecule has 132 heavy (non-hydrogen) atoms. The molecule has 0 spiro atoms. The number of unbranched alkanes of at least 4 members (excludes halogenated alkanes) is 5. The van der Waals surface area contributed by atoms with Crippen LogP contribution in [0.3, 0.4) is 0 Å². The summed E-state index contributed by atoms with van der Waals surface area (Å²) in [6.45, 7) is 16.7. The lowest BCUT2D eigenvalue weighted by Crippen LogP contribution is -2.64. The first kappa shape index (κ1) is 112. The number of aromatic amines is 1. The Hall–Kier alpha value is -10.9. The van der Waals surface area contributed by atoms with Gasteiger partial charge in [-0.2, -0.15) is 10.2 Å². The average molecular weight is 1840 g/mol. The number of Topliss-reactive ketones (excluding diaryl/α,β-unsaturated/α-hetero) is 10. The highest BCUT2D eigenvalue weighted by molar-refractivity contribution is 6.41. The van der Waals surface area contributed by atoms with Gasteiger partial charge in [-0.25, -0.2) is 27.1 Å². The molecule has 36 nitrogen and oxygen atoms in total. The molecule has 3 aromatic carbocycles. The Morgan fingerprint density at radius 2 is 1.11 bits per heavy atom. The molecule has 20 N–H and O–H groups in total. The first-order valence-electron chi connectivity index (χ1n) is 45.6. The highest BCUT2D eigenvalue weighted by Gasteiger charge is 2.42. The van der Waals surface area contributed by atoms with E-state index in [0.29, 0.717) is 68.8 Å². The number of aromatic nitrogens is 1. The van der Waals surface area contributed by atoms with Gasteiger partial charge in [-0.15, -0.1) is 0 Å². The Morgan fingerprint density at radius 3 is 1.67 bits per heavy atom. The van der Waals surface area contributed by atoms with Crippen LogP contribution in [0.4, 0.5) is 0 Å². The van der Waals surface area contributed by atoms with Gasteiger partial charge in [0.05, 0.1) is 92.7 Å². The highest BCUT2D eigenvalue weighted by atomic mass is 16.3. The maximum Gasteiger partial charge on any atom is 0.246 e. The van der Waals surface area contributed by atoms with Gasteiger partial charge in [-0.3, -0.25) is 77.8 Å². The number of H-pyrrole nitrogens is 1. The van der Waals surface area contributed by atoms with Crippen molar-refractivity contribution in [2.24, 2.45) is 33.6 Å². The number of carbonyl (C=O) groups excluding carboxylic acids is 16. The lowest BCUT2D eigenvalue weighted by atomic mass is 9.89. The molecule has 1 aliphatic rings. The van der Waals surface area contributed by atoms with Crippen LogP contribution in [-0.4, -0.2) is 230 Å². The molecule has 0 saturated carbocycles. The van der Waals surface area contributed by atoms with Gasteiger partial charge in [0.15, 0.2) is 40.5 Å². The SMILES string of the molecule is CC(=O)N[C@@H](CC(C)C)C(=O)N[C@H](C(=O)C(=O)[C@H](Cc1ccccc1)NN[C@](C)(CCCCCCC=CCCC[C@](C)(NC(=O)[C@H](CC(C)C)NN[C@@H](CCC(N)=O)C(=O)CN[C@@H](C)C(=O)CC(=O)[C@H](Cc1c[nH]c2ccccc12)/N=N\[C@H](C=O)CC1=CC=C(O)CC1)C(=O)N[C@@H](CO)C(=O)CC(=O)[C@H](C)NCC(=O)[C@H](Cc1ccccc1)NN)C(=O)CN[C@@H](C)C(C)=O)[C@@H](C)O. The fraction of sp³-hybridized carbons (Fsp3) is 0.562. The number of carbonyl (C=O) groups is 16. The number of rotatable bonds is 69. The van der Waals surface area contributed by atoms with Crippen LogP contribution < -0.4 is 75.9 Å². The quantitative estimate of drug-likeness (QED) is 0.00420. The van der Waals surface area contributed by atoms with Gasteiger partial charge in [0.1, 0.15) is 53.9 Å². The van der Waals surface area contributed by atoms with Crippen molar-refractivity contribution < 1.29 is 92.0 Å². The number of para-hydroxylation sites is 1. The van der Waals surface area contributed by atoms with Crippen molar-refractivity contribution in [1.29, 1.82) is 0 Å². The van der Waals surface area contributed by atoms with Gasteiger partial charge in [0.25, 0.3) is 0 Å². The number of azo groups is 1. The summed E-state index contributed by atoms with van der Waals surface area (Å²) in [6.07, 6.45) is 11.3. The van der Waals surface area contributed by atoms with Crippen LogP contribution in [0.15, 0.2) is 137 Å². The van der Waals surface area contributed by atoms with Gasteiger partial charge in [-0.1, -0.05) is 150 Å². The monoisotopic (exact) mass is 1840 g/mol. The summed E-state index contributed by atoms with van der Waals surface area (Å²) in [5.41, 5.74) is 20.5. The van der Waals surface area contributed by atoms with Crippen molar-refractivity contribution in [2.45, 2.75) is 308 Å². The molecule has 0 bridgehead atoms. The van der Waals surface area contributed by atoms with E-state index in [-0.39, 0.29) is 119 Å². The Bertz CT molecular complexity index is 4650. The van der Waals surface area contributed by atoms with Crippen molar-refractivity contribution in [2.75, 3.05) is 26.2 Å². The van der Waals surface area contributed by atoms with Crippen LogP contribution in [0, 0.1) is 11.8 Å². The molecule has 15 atom stereocenters. The van der Waals surface area contributed by atoms with Gasteiger partial charge < -0.3 is 68.0 Å². The Balaban J connectivity index is 1.31. The zero-order valence-electron chi connectivity index (χ0n) is 78.3. The van der Waals surface area contributed by atoms with Crippen molar-refractivity contribution in [3.8, 4) is 0 Å². The smallest absolute Gasteiger partial charge is 0.246 e. The number of hydrazine groups is 3. The minimum atomic E-state index is -1.86. The number of nitrogens with two attached hydrogens (primary N) is 2. The molecule has 1 aromatic heterocycles. The molecule has 0 aliphatic heterocycles. The molecule has 0 radical (unpaired) electrons. The number of nitrogens with zero attached hydrogens (tertiary/aromatic N) is 2. The van der Waals surface area contributed by atoms with Crippen LogP contribution in [0.2, 0.25) is 0 Å². The molecule has 1 aliphatic carbocycles. The molecule has 4 aromatic rings. The third kappa shape index (κ3) is 39.1. The second-order valence-electron chi connectivity index (χ2n) is 35.7.